The van der Waals surface area contributed by atoms with Gasteiger partial charge in [-0.1, -0.05) is 41.0 Å². The van der Waals surface area contributed by atoms with Crippen molar-refractivity contribution in [1.82, 2.24) is 0 Å². The average Bonchev–Trinajstić information content (AvgIpc) is 3.35. The first-order chi connectivity index (χ1) is 17.4. The van der Waals surface area contributed by atoms with E-state index in [0.29, 0.717) is 17.8 Å². The molecular formula is C32H48O5. The molecule has 206 valence electrons. The summed E-state index contributed by atoms with van der Waals surface area (Å²) in [7, 11) is 0. The molecule has 6 rings (SSSR count). The Hall–Kier alpha value is -1.36. The van der Waals surface area contributed by atoms with Crippen molar-refractivity contribution in [3.8, 4) is 0 Å². The molecule has 37 heavy (non-hydrogen) atoms. The zero-order valence-electron chi connectivity index (χ0n) is 23.9. The second-order valence-electron chi connectivity index (χ2n) is 14.6. The quantitative estimate of drug-likeness (QED) is 0.443. The number of hydrogen-bond acceptors (Lipinski definition) is 5. The number of aliphatic hydroxyl groups is 1. The molecule has 5 heteroatoms. The number of esters is 2. The predicted molar refractivity (Wildman–Crippen MR) is 141 cm³/mol. The second-order valence-corrected chi connectivity index (χ2v) is 14.6. The maximum atomic E-state index is 13.4. The van der Waals surface area contributed by atoms with Gasteiger partial charge in [0.15, 0.2) is 0 Å². The number of rotatable bonds is 4. The topological polar surface area (TPSA) is 72.8 Å². The summed E-state index contributed by atoms with van der Waals surface area (Å²) in [5, 5.41) is 10.2. The molecule has 6 aliphatic rings. The van der Waals surface area contributed by atoms with E-state index in [1.165, 1.54) is 38.5 Å². The first-order valence-electron chi connectivity index (χ1n) is 15.2. The van der Waals surface area contributed by atoms with Gasteiger partial charge in [0.05, 0.1) is 12.5 Å². The highest BCUT2D eigenvalue weighted by atomic mass is 16.6. The molecule has 4 fully saturated rings. The number of ether oxygens (including phenoxy) is 2. The van der Waals surface area contributed by atoms with Gasteiger partial charge in [0, 0.05) is 11.0 Å². The van der Waals surface area contributed by atoms with Crippen LogP contribution in [0.2, 0.25) is 0 Å². The third-order valence-electron chi connectivity index (χ3n) is 13.2. The average molecular weight is 513 g/mol. The molecule has 0 saturated heterocycles. The van der Waals surface area contributed by atoms with Gasteiger partial charge in [-0.3, -0.25) is 4.79 Å². The molecule has 0 aromatic heterocycles. The van der Waals surface area contributed by atoms with Gasteiger partial charge in [0.25, 0.3) is 0 Å². The Balaban J connectivity index is 1.43. The molecule has 1 spiro atoms. The van der Waals surface area contributed by atoms with Crippen molar-refractivity contribution in [2.75, 3.05) is 0 Å². The van der Waals surface area contributed by atoms with Crippen molar-refractivity contribution >= 4 is 11.9 Å². The van der Waals surface area contributed by atoms with E-state index in [-0.39, 0.29) is 47.3 Å². The van der Waals surface area contributed by atoms with Gasteiger partial charge < -0.3 is 14.6 Å². The fourth-order valence-corrected chi connectivity index (χ4v) is 11.4. The smallest absolute Gasteiger partial charge is 0.335 e. The number of aliphatic hydroxyl groups excluding tert-OH is 1. The van der Waals surface area contributed by atoms with E-state index < -0.39 is 11.5 Å². The first kappa shape index (κ1) is 25.9. The van der Waals surface area contributed by atoms with E-state index in [9.17, 15) is 14.7 Å². The zero-order valence-corrected chi connectivity index (χ0v) is 23.9. The van der Waals surface area contributed by atoms with E-state index in [0.717, 1.165) is 42.2 Å². The molecule has 4 unspecified atom stereocenters. The van der Waals surface area contributed by atoms with Crippen LogP contribution in [0.25, 0.3) is 0 Å². The van der Waals surface area contributed by atoms with Gasteiger partial charge >= 0.3 is 11.9 Å². The van der Waals surface area contributed by atoms with Crippen molar-refractivity contribution in [1.29, 1.82) is 0 Å². The van der Waals surface area contributed by atoms with Crippen LogP contribution in [0.1, 0.15) is 112 Å². The van der Waals surface area contributed by atoms with E-state index in [4.69, 9.17) is 9.47 Å². The van der Waals surface area contributed by atoms with E-state index in [2.05, 4.69) is 27.7 Å². The molecule has 0 amide bonds. The molecule has 11 atom stereocenters. The first-order valence-corrected chi connectivity index (χ1v) is 15.2. The SMILES string of the molecule is CCC(O)CC(=O)O[C@H]1CC2[C@@]3(C)CCC[C@@]4(C[C@@H]4C)C3CC[C@@]2(C)C2CCC3=C(C(=O)O[C@@H]3C)[C@]21C. The van der Waals surface area contributed by atoms with Crippen LogP contribution in [-0.4, -0.2) is 35.4 Å². The molecule has 0 aromatic rings. The van der Waals surface area contributed by atoms with Crippen LogP contribution in [0.3, 0.4) is 0 Å². The molecule has 0 radical (unpaired) electrons. The maximum Gasteiger partial charge on any atom is 0.335 e. The van der Waals surface area contributed by atoms with Crippen LogP contribution in [0, 0.1) is 45.3 Å². The molecule has 0 bridgehead atoms. The number of fused-ring (bicyclic) bond motifs is 7. The van der Waals surface area contributed by atoms with Gasteiger partial charge in [-0.2, -0.15) is 0 Å². The summed E-state index contributed by atoms with van der Waals surface area (Å²) >= 11 is 0. The standard InChI is InChI=1S/C32H48O5/c1-7-20(33)15-26(34)37-25-16-24-29(4)12-8-13-32(17-18(32)2)23(29)11-14-30(24,5)22-10-9-21-19(3)36-28(35)27(21)31(22,25)6/h18-20,22-25,33H,7-17H2,1-6H3/t18-,19+,20?,22?,23?,24?,25-,29-,30-,31+,32-/m0/s1. The summed E-state index contributed by atoms with van der Waals surface area (Å²) < 4.78 is 12.2. The summed E-state index contributed by atoms with van der Waals surface area (Å²) in [5.41, 5.74) is 2.27. The van der Waals surface area contributed by atoms with Gasteiger partial charge in [0.1, 0.15) is 12.2 Å². The van der Waals surface area contributed by atoms with Crippen molar-refractivity contribution in [3.63, 3.8) is 0 Å². The highest BCUT2D eigenvalue weighted by Gasteiger charge is 2.72. The van der Waals surface area contributed by atoms with Crippen molar-refractivity contribution < 1.29 is 24.2 Å². The number of carbonyl (C=O) groups is 2. The lowest BCUT2D eigenvalue weighted by molar-refractivity contribution is -0.223. The maximum absolute atomic E-state index is 13.4. The Morgan fingerprint density at radius 2 is 1.78 bits per heavy atom. The van der Waals surface area contributed by atoms with Crippen LogP contribution in [-0.2, 0) is 19.1 Å². The summed E-state index contributed by atoms with van der Waals surface area (Å²) in [5.74, 6) is 1.79. The van der Waals surface area contributed by atoms with Gasteiger partial charge in [-0.15, -0.1) is 0 Å². The number of cyclic esters (lactones) is 1. The number of hydrogen-bond donors (Lipinski definition) is 1. The normalized spacial score (nSPS) is 50.9. The van der Waals surface area contributed by atoms with Gasteiger partial charge in [-0.25, -0.2) is 4.79 Å². The second kappa shape index (κ2) is 8.32. The van der Waals surface area contributed by atoms with Crippen LogP contribution >= 0.6 is 0 Å². The Bertz CT molecular complexity index is 1030. The summed E-state index contributed by atoms with van der Waals surface area (Å²) in [6, 6.07) is 0. The van der Waals surface area contributed by atoms with Gasteiger partial charge in [0.2, 0.25) is 0 Å². The zero-order chi connectivity index (χ0) is 26.5. The monoisotopic (exact) mass is 512 g/mol. The Morgan fingerprint density at radius 1 is 1.08 bits per heavy atom. The number of carbonyl (C=O) groups excluding carboxylic acids is 2. The Kier molecular flexibility index (Phi) is 5.82. The molecule has 0 aromatic carbocycles. The molecule has 1 N–H and O–H groups in total. The van der Waals surface area contributed by atoms with Crippen molar-refractivity contribution in [2.45, 2.75) is 130 Å². The lowest BCUT2D eigenvalue weighted by atomic mass is 9.35. The van der Waals surface area contributed by atoms with Crippen molar-refractivity contribution in [2.24, 2.45) is 45.3 Å². The van der Waals surface area contributed by atoms with Crippen LogP contribution < -0.4 is 0 Å². The van der Waals surface area contributed by atoms with Gasteiger partial charge in [-0.05, 0) is 110 Å². The summed E-state index contributed by atoms with van der Waals surface area (Å²) in [4.78, 5) is 26.5. The molecule has 5 aliphatic carbocycles. The highest BCUT2D eigenvalue weighted by molar-refractivity contribution is 5.94. The molecule has 1 aliphatic heterocycles. The van der Waals surface area contributed by atoms with Crippen LogP contribution in [0.15, 0.2) is 11.1 Å². The highest BCUT2D eigenvalue weighted by Crippen LogP contribution is 2.78. The molecule has 1 heterocycles. The third kappa shape index (κ3) is 3.37. The lowest BCUT2D eigenvalue weighted by Gasteiger charge is -2.69. The fraction of sp³-hybridized carbons (Fsp3) is 0.875. The van der Waals surface area contributed by atoms with E-state index >= 15 is 0 Å². The van der Waals surface area contributed by atoms with Crippen LogP contribution in [0.5, 0.6) is 0 Å². The van der Waals surface area contributed by atoms with E-state index in [1.807, 2.05) is 13.8 Å². The summed E-state index contributed by atoms with van der Waals surface area (Å²) in [6.45, 7) is 13.6. The van der Waals surface area contributed by atoms with Crippen molar-refractivity contribution in [3.05, 3.63) is 11.1 Å². The fourth-order valence-electron chi connectivity index (χ4n) is 11.4. The Labute approximate surface area is 223 Å². The third-order valence-corrected chi connectivity index (χ3v) is 13.2. The minimum atomic E-state index is -0.686. The minimum Gasteiger partial charge on any atom is -0.461 e. The predicted octanol–water partition coefficient (Wildman–Crippen LogP) is 6.37. The minimum absolute atomic E-state index is 0.0168. The molecule has 4 saturated carbocycles. The van der Waals surface area contributed by atoms with E-state index in [1.54, 1.807) is 0 Å². The largest absolute Gasteiger partial charge is 0.461 e. The molecular weight excluding hydrogens is 464 g/mol. The molecule has 5 nitrogen and oxygen atoms in total. The summed E-state index contributed by atoms with van der Waals surface area (Å²) in [6.07, 6.45) is 9.87. The lowest BCUT2D eigenvalue weighted by Crippen LogP contribution is -2.65. The van der Waals surface area contributed by atoms with Crippen LogP contribution in [0.4, 0.5) is 0 Å². The Morgan fingerprint density at radius 3 is 2.46 bits per heavy atom.